The average Bonchev–Trinajstić information content (AvgIpc) is 3.25. The van der Waals surface area contributed by atoms with Gasteiger partial charge in [-0.25, -0.2) is 0 Å². The molecule has 4 aromatic carbocycles. The van der Waals surface area contributed by atoms with Gasteiger partial charge < -0.3 is 31.0 Å². The molecule has 0 fully saturated rings. The highest BCUT2D eigenvalue weighted by molar-refractivity contribution is 7.01. The maximum Gasteiger partial charge on any atom is 0.228 e. The molecule has 12 heteroatoms. The zero-order valence-corrected chi connectivity index (χ0v) is 41.6. The molecule has 4 aromatic rings. The van der Waals surface area contributed by atoms with Gasteiger partial charge in [0.2, 0.25) is 17.7 Å². The molecule has 0 saturated carbocycles. The Morgan fingerprint density at radius 2 is 1.36 bits per heavy atom. The van der Waals surface area contributed by atoms with Crippen molar-refractivity contribution < 1.29 is 39.0 Å². The first kappa shape index (κ1) is 51.8. The summed E-state index contributed by atoms with van der Waals surface area (Å²) in [6.07, 6.45) is -0.394. The number of rotatable bonds is 22. The number of Topliss-reactive ketones (excluding diaryl/α,β-unsaturated/α-hetero) is 2. The number of aliphatic carboxylic acids is 1. The molecule has 0 aromatic heterocycles. The lowest BCUT2D eigenvalue weighted by Crippen LogP contribution is -2.63. The normalized spacial score (nSPS) is 14.7. The molecule has 0 spiro atoms. The second kappa shape index (κ2) is 22.6. The SMILES string of the molecule is C=c1ccc2c(c1)[Si](C)(C)c1cc(NC(=O)[C@@H](CC(=O)[C@@H](NC(=O)[C@@H](CC(=O)[C@H](CC(C)C)NC(=O)CCC(=O)[O-])CC(C)C)C(C)C)Cc3ccc(O)cc3)ccc1C=2c1ccccc1C. The van der Waals surface area contributed by atoms with Crippen molar-refractivity contribution in [1.29, 1.82) is 0 Å². The van der Waals surface area contributed by atoms with Gasteiger partial charge in [0.25, 0.3) is 0 Å². The van der Waals surface area contributed by atoms with E-state index in [0.29, 0.717) is 18.5 Å². The van der Waals surface area contributed by atoms with Crippen LogP contribution in [0.25, 0.3) is 12.2 Å². The molecule has 5 rings (SSSR count). The third-order valence-corrected chi connectivity index (χ3v) is 16.3. The first-order chi connectivity index (χ1) is 31.5. The van der Waals surface area contributed by atoms with Gasteiger partial charge in [-0.3, -0.25) is 24.0 Å². The molecule has 0 unspecified atom stereocenters. The van der Waals surface area contributed by atoms with Crippen molar-refractivity contribution in [1.82, 2.24) is 10.6 Å². The van der Waals surface area contributed by atoms with E-state index in [-0.39, 0.29) is 66.7 Å². The van der Waals surface area contributed by atoms with E-state index in [2.05, 4.69) is 85.0 Å². The highest BCUT2D eigenvalue weighted by Crippen LogP contribution is 2.29. The molecule has 4 atom stereocenters. The predicted molar refractivity (Wildman–Crippen MR) is 266 cm³/mol. The van der Waals surface area contributed by atoms with Crippen LogP contribution in [0.4, 0.5) is 5.69 Å². The minimum Gasteiger partial charge on any atom is -0.550 e. The molecule has 0 bridgehead atoms. The number of aromatic hydroxyl groups is 1. The fourth-order valence-corrected chi connectivity index (χ4v) is 12.4. The first-order valence-electron chi connectivity index (χ1n) is 23.5. The third-order valence-electron chi connectivity index (χ3n) is 12.8. The Balaban J connectivity index is 1.42. The van der Waals surface area contributed by atoms with Crippen LogP contribution in [0.2, 0.25) is 13.1 Å². The summed E-state index contributed by atoms with van der Waals surface area (Å²) >= 11 is 0. The third kappa shape index (κ3) is 13.5. The highest BCUT2D eigenvalue weighted by Gasteiger charge is 2.37. The van der Waals surface area contributed by atoms with E-state index in [0.717, 1.165) is 33.0 Å². The van der Waals surface area contributed by atoms with Crippen LogP contribution < -0.4 is 41.9 Å². The average molecular weight is 927 g/mol. The molecule has 0 saturated heterocycles. The second-order valence-corrected chi connectivity index (χ2v) is 24.4. The monoisotopic (exact) mass is 926 g/mol. The highest BCUT2D eigenvalue weighted by atomic mass is 28.3. The van der Waals surface area contributed by atoms with Gasteiger partial charge in [-0.2, -0.15) is 0 Å². The summed E-state index contributed by atoms with van der Waals surface area (Å²) in [6.45, 7) is 22.3. The Kier molecular flexibility index (Phi) is 17.5. The number of fused-ring (bicyclic) bond motifs is 2. The summed E-state index contributed by atoms with van der Waals surface area (Å²) < 4.78 is 0. The van der Waals surface area contributed by atoms with Crippen LogP contribution in [-0.4, -0.2) is 60.5 Å². The number of aryl methyl sites for hydroxylation is 1. The summed E-state index contributed by atoms with van der Waals surface area (Å²) in [4.78, 5) is 80.6. The Morgan fingerprint density at radius 1 is 0.701 bits per heavy atom. The van der Waals surface area contributed by atoms with Crippen LogP contribution in [0.1, 0.15) is 102 Å². The molecule has 356 valence electrons. The second-order valence-electron chi connectivity index (χ2n) is 20.0. The van der Waals surface area contributed by atoms with Gasteiger partial charge in [0, 0.05) is 42.8 Å². The number of anilines is 1. The van der Waals surface area contributed by atoms with E-state index in [1.807, 2.05) is 59.7 Å². The van der Waals surface area contributed by atoms with Gasteiger partial charge in [0.15, 0.2) is 11.6 Å². The summed E-state index contributed by atoms with van der Waals surface area (Å²) in [5.41, 5.74) is 5.89. The van der Waals surface area contributed by atoms with Gasteiger partial charge >= 0.3 is 0 Å². The quantitative estimate of drug-likeness (QED) is 0.0789. The number of hydrogen-bond acceptors (Lipinski definition) is 8. The zero-order valence-electron chi connectivity index (χ0n) is 40.6. The minimum absolute atomic E-state index is 0.0102. The molecule has 11 nitrogen and oxygen atoms in total. The van der Waals surface area contributed by atoms with Gasteiger partial charge in [-0.1, -0.05) is 122 Å². The Bertz CT molecular complexity index is 2600. The number of hydrogen-bond donors (Lipinski definition) is 4. The molecule has 67 heavy (non-hydrogen) atoms. The number of carboxylic acid groups (broad SMARTS) is 1. The van der Waals surface area contributed by atoms with E-state index < -0.39 is 56.2 Å². The van der Waals surface area contributed by atoms with Crippen molar-refractivity contribution in [3.8, 4) is 5.75 Å². The number of carbonyl (C=O) groups excluding carboxylic acids is 6. The van der Waals surface area contributed by atoms with Crippen LogP contribution in [0.3, 0.4) is 0 Å². The molecule has 4 N–H and O–H groups in total. The van der Waals surface area contributed by atoms with E-state index in [1.165, 1.54) is 27.7 Å². The number of nitrogens with one attached hydrogen (secondary N) is 3. The number of amides is 3. The summed E-state index contributed by atoms with van der Waals surface area (Å²) in [5, 5.41) is 34.4. The largest absolute Gasteiger partial charge is 0.550 e. The lowest BCUT2D eigenvalue weighted by Gasteiger charge is -2.34. The molecule has 1 aliphatic heterocycles. The number of carboxylic acids is 1. The van der Waals surface area contributed by atoms with Crippen LogP contribution in [-0.2, 0) is 35.2 Å². The lowest BCUT2D eigenvalue weighted by atomic mass is 9.86. The molecular weight excluding hydrogens is 859 g/mol. The maximum atomic E-state index is 14.6. The smallest absolute Gasteiger partial charge is 0.228 e. The Morgan fingerprint density at radius 3 is 1.99 bits per heavy atom. The van der Waals surface area contributed by atoms with Crippen molar-refractivity contribution >= 4 is 71.5 Å². The summed E-state index contributed by atoms with van der Waals surface area (Å²) in [5.74, 6) is -5.45. The van der Waals surface area contributed by atoms with Crippen LogP contribution in [0.5, 0.6) is 5.75 Å². The fourth-order valence-electron chi connectivity index (χ4n) is 9.26. The van der Waals surface area contributed by atoms with Crippen molar-refractivity contribution in [2.45, 2.75) is 119 Å². The van der Waals surface area contributed by atoms with Gasteiger partial charge in [0.1, 0.15) is 13.8 Å². The zero-order chi connectivity index (χ0) is 49.3. The van der Waals surface area contributed by atoms with Crippen LogP contribution >= 0.6 is 0 Å². The van der Waals surface area contributed by atoms with E-state index >= 15 is 0 Å². The summed E-state index contributed by atoms with van der Waals surface area (Å²) in [7, 11) is -2.35. The predicted octanol–water partition coefficient (Wildman–Crippen LogP) is 5.07. The molecule has 0 aliphatic carbocycles. The van der Waals surface area contributed by atoms with E-state index in [4.69, 9.17) is 0 Å². The van der Waals surface area contributed by atoms with Crippen LogP contribution in [0, 0.1) is 36.5 Å². The van der Waals surface area contributed by atoms with Crippen LogP contribution in [0.15, 0.2) is 84.9 Å². The molecule has 3 amide bonds. The van der Waals surface area contributed by atoms with Gasteiger partial charge in [-0.15, -0.1) is 0 Å². The van der Waals surface area contributed by atoms with E-state index in [9.17, 15) is 39.0 Å². The number of ketones is 2. The molecule has 1 aliphatic rings. The van der Waals surface area contributed by atoms with Gasteiger partial charge in [-0.05, 0) is 123 Å². The lowest BCUT2D eigenvalue weighted by molar-refractivity contribution is -0.305. The topological polar surface area (TPSA) is 182 Å². The molecule has 1 heterocycles. The Labute approximate surface area is 396 Å². The minimum atomic E-state index is -2.35. The standard InChI is InChI=1S/C55H69N3O8Si/c1-32(2)25-38(29-46(60)45(26-33(3)4)57-50(62)23-24-51(63)64)55(66)58-53(34(5)6)47(61)30-39(28-37-16-19-41(59)20-17-37)54(65)56-40-18-22-44-49(31-40)67(9,10)48-27-35(7)15-21-43(48)52(44)42-14-12-11-13-36(42)8/h11-22,27,31-34,38-39,45,53,59H,7,23-26,28-30H2,1-6,8-10H3,(H,56,65)(H,57,62)(H,58,66)(H,63,64)/p-1/t38-,39-,45+,53+/m1/s1. The number of benzene rings is 4. The van der Waals surface area contributed by atoms with Crippen molar-refractivity contribution in [3.63, 3.8) is 0 Å². The van der Waals surface area contributed by atoms with Crippen molar-refractivity contribution in [2.24, 2.45) is 29.6 Å². The van der Waals surface area contributed by atoms with Crippen molar-refractivity contribution in [3.05, 3.63) is 118 Å². The van der Waals surface area contributed by atoms with Crippen molar-refractivity contribution in [2.75, 3.05) is 5.32 Å². The summed E-state index contributed by atoms with van der Waals surface area (Å²) in [6, 6.07) is 25.4. The Hall–Kier alpha value is -6.14. The number of phenols is 1. The molecule has 0 radical (unpaired) electrons. The fraction of sp³-hybridized carbons (Fsp3) is 0.418. The number of carbonyl (C=O) groups is 6. The number of phenolic OH excluding ortho intramolecular Hbond substituents is 1. The molecular formula is C55H68N3O8Si-. The maximum absolute atomic E-state index is 14.6. The van der Waals surface area contributed by atoms with Gasteiger partial charge in [0.05, 0.1) is 12.1 Å². The first-order valence-corrected chi connectivity index (χ1v) is 26.5. The van der Waals surface area contributed by atoms with E-state index in [1.54, 1.807) is 12.1 Å².